The Morgan fingerprint density at radius 2 is 1.12 bits per heavy atom. The van der Waals surface area contributed by atoms with Gasteiger partial charge in [0.1, 0.15) is 23.9 Å². The van der Waals surface area contributed by atoms with Gasteiger partial charge in [-0.15, -0.1) is 0 Å². The molecule has 1 aliphatic carbocycles. The molecule has 0 spiro atoms. The summed E-state index contributed by atoms with van der Waals surface area (Å²) < 4.78 is 37.7. The molecule has 19 heteroatoms. The Hall–Kier alpha value is -7.31. The number of hydrogen-bond acceptors (Lipinski definition) is 14. The molecule has 7 aliphatic rings. The van der Waals surface area contributed by atoms with Gasteiger partial charge in [-0.3, -0.25) is 38.5 Å². The third-order valence-corrected chi connectivity index (χ3v) is 16.6. The zero-order valence-electron chi connectivity index (χ0n) is 45.4. The molecule has 77 heavy (non-hydrogen) atoms. The number of hydrogen-bond donors (Lipinski definition) is 0. The fraction of sp³-hybridized carbons (Fsp3) is 0.534. The van der Waals surface area contributed by atoms with Crippen molar-refractivity contribution in [3.05, 3.63) is 76.6 Å². The summed E-state index contributed by atoms with van der Waals surface area (Å²) in [5.74, 6) is -0.842. The molecule has 6 unspecified atom stereocenters. The molecule has 412 valence electrons. The van der Waals surface area contributed by atoms with Crippen LogP contribution in [0.4, 0.5) is 0 Å². The van der Waals surface area contributed by atoms with Gasteiger partial charge in [0, 0.05) is 29.9 Å². The van der Waals surface area contributed by atoms with E-state index in [0.717, 1.165) is 75.3 Å². The third kappa shape index (κ3) is 9.79. The number of carbonyl (C=O) groups excluding carboxylic acids is 7. The van der Waals surface area contributed by atoms with Gasteiger partial charge in [0.2, 0.25) is 29.2 Å². The Labute approximate surface area is 449 Å². The van der Waals surface area contributed by atoms with E-state index in [2.05, 4.69) is 6.92 Å². The van der Waals surface area contributed by atoms with Crippen LogP contribution in [0.25, 0.3) is 0 Å². The standard InChI is InChI=1S/C31H41N3O7.C27H30N2O7/c1-5-6-7-13-22-29(36)32(20-11-8-9-12-20)18-24-21-14-10-15-23(30(37)34(22)24)33(21)31(38)27(35)19-16-25(39-2)28(41-4)26(17-19)40-3;1-33-17-9-8-15-10-11-28-23(18(15)14-17)19-6-5-7-20(26(28)31)29(19)27(32)24(30)16-12-21(34-2)25(36-4)22(13-16)35-3/h16-18,20-23H,5-15H2,1-4H3;8-9,12-14,19-20,23H,5-7,10-11H2,1-4H3. The van der Waals surface area contributed by atoms with E-state index >= 15 is 0 Å². The highest BCUT2D eigenvalue weighted by molar-refractivity contribution is 6.44. The lowest BCUT2D eigenvalue weighted by Gasteiger charge is -2.55. The van der Waals surface area contributed by atoms with Crippen molar-refractivity contribution in [1.29, 1.82) is 0 Å². The molecule has 0 N–H and O–H groups in total. The van der Waals surface area contributed by atoms with Gasteiger partial charge in [-0.05, 0) is 112 Å². The first kappa shape index (κ1) is 54.5. The van der Waals surface area contributed by atoms with E-state index in [-0.39, 0.29) is 70.0 Å². The minimum absolute atomic E-state index is 0.0172. The third-order valence-electron chi connectivity index (χ3n) is 16.6. The number of piperidine rings is 2. The van der Waals surface area contributed by atoms with E-state index in [0.29, 0.717) is 61.6 Å². The van der Waals surface area contributed by atoms with Crippen molar-refractivity contribution in [2.24, 2.45) is 0 Å². The number of unbranched alkanes of at least 4 members (excludes halogenated alkanes) is 2. The average Bonchev–Trinajstić information content (AvgIpc) is 4.04. The van der Waals surface area contributed by atoms with E-state index in [1.54, 1.807) is 12.0 Å². The topological polar surface area (TPSA) is 200 Å². The number of carbonyl (C=O) groups is 7. The van der Waals surface area contributed by atoms with Gasteiger partial charge in [0.15, 0.2) is 23.0 Å². The van der Waals surface area contributed by atoms with Gasteiger partial charge < -0.3 is 52.8 Å². The zero-order chi connectivity index (χ0) is 54.8. The second-order valence-corrected chi connectivity index (χ2v) is 20.6. The van der Waals surface area contributed by atoms with Crippen LogP contribution in [0.15, 0.2) is 54.4 Å². The maximum Gasteiger partial charge on any atom is 0.296 e. The van der Waals surface area contributed by atoms with Crippen molar-refractivity contribution in [3.8, 4) is 40.2 Å². The number of amides is 5. The monoisotopic (exact) mass is 1060 g/mol. The van der Waals surface area contributed by atoms with E-state index in [1.165, 1.54) is 76.7 Å². The number of benzene rings is 3. The predicted octanol–water partition coefficient (Wildman–Crippen LogP) is 6.86. The molecule has 3 aromatic carbocycles. The first-order valence-electron chi connectivity index (χ1n) is 27.0. The second kappa shape index (κ2) is 23.1. The van der Waals surface area contributed by atoms with Crippen LogP contribution in [0.5, 0.6) is 40.2 Å². The first-order chi connectivity index (χ1) is 37.3. The molecule has 4 bridgehead atoms. The average molecular weight is 1060 g/mol. The minimum Gasteiger partial charge on any atom is -0.497 e. The van der Waals surface area contributed by atoms with Crippen molar-refractivity contribution < 1.29 is 66.7 Å². The Bertz CT molecular complexity index is 2790. The van der Waals surface area contributed by atoms with E-state index < -0.39 is 47.5 Å². The Kier molecular flexibility index (Phi) is 16.4. The summed E-state index contributed by atoms with van der Waals surface area (Å²) in [5.41, 5.74) is 3.00. The lowest BCUT2D eigenvalue weighted by molar-refractivity contribution is -0.164. The maximum absolute atomic E-state index is 14.1. The van der Waals surface area contributed by atoms with Crippen LogP contribution in [0.1, 0.15) is 135 Å². The Morgan fingerprint density at radius 1 is 0.571 bits per heavy atom. The summed E-state index contributed by atoms with van der Waals surface area (Å²) in [5, 5.41) is 0. The minimum atomic E-state index is -0.788. The van der Waals surface area contributed by atoms with Crippen LogP contribution in [-0.2, 0) is 30.4 Å². The summed E-state index contributed by atoms with van der Waals surface area (Å²) in [4.78, 5) is 105. The van der Waals surface area contributed by atoms with Gasteiger partial charge in [-0.1, -0.05) is 45.1 Å². The van der Waals surface area contributed by atoms with Gasteiger partial charge >= 0.3 is 0 Å². The van der Waals surface area contributed by atoms with Gasteiger partial charge in [-0.25, -0.2) is 0 Å². The van der Waals surface area contributed by atoms with Crippen LogP contribution >= 0.6 is 0 Å². The number of nitrogens with zero attached hydrogens (tertiary/aromatic N) is 5. The summed E-state index contributed by atoms with van der Waals surface area (Å²) >= 11 is 0. The smallest absolute Gasteiger partial charge is 0.296 e. The molecule has 6 heterocycles. The largest absolute Gasteiger partial charge is 0.497 e. The molecule has 10 rings (SSSR count). The first-order valence-corrected chi connectivity index (χ1v) is 27.0. The van der Waals surface area contributed by atoms with Gasteiger partial charge in [-0.2, -0.15) is 0 Å². The van der Waals surface area contributed by atoms with Gasteiger partial charge in [0.25, 0.3) is 23.4 Å². The molecular formula is C58H71N5O14. The highest BCUT2D eigenvalue weighted by Gasteiger charge is 2.56. The number of fused-ring (bicyclic) bond motifs is 10. The molecule has 6 atom stereocenters. The van der Waals surface area contributed by atoms with Gasteiger partial charge in [0.05, 0.1) is 73.6 Å². The normalized spacial score (nSPS) is 23.4. The number of piperazine rings is 2. The van der Waals surface area contributed by atoms with Crippen molar-refractivity contribution in [2.45, 2.75) is 146 Å². The van der Waals surface area contributed by atoms with Crippen LogP contribution < -0.4 is 33.2 Å². The van der Waals surface area contributed by atoms with Crippen LogP contribution in [0.2, 0.25) is 0 Å². The lowest BCUT2D eigenvalue weighted by atomic mass is 9.78. The highest BCUT2D eigenvalue weighted by atomic mass is 16.5. The van der Waals surface area contributed by atoms with Crippen LogP contribution in [0, 0.1) is 0 Å². The number of Topliss-reactive ketones (excluding diaryl/α,β-unsaturated/α-hetero) is 2. The molecule has 6 aliphatic heterocycles. The lowest BCUT2D eigenvalue weighted by Crippen LogP contribution is -2.69. The summed E-state index contributed by atoms with van der Waals surface area (Å²) in [6.07, 6.45) is 13.9. The molecule has 0 aromatic heterocycles. The van der Waals surface area contributed by atoms with Crippen molar-refractivity contribution >= 4 is 41.1 Å². The van der Waals surface area contributed by atoms with Crippen LogP contribution in [-0.4, -0.2) is 158 Å². The molecule has 4 saturated heterocycles. The van der Waals surface area contributed by atoms with Crippen molar-refractivity contribution in [2.75, 3.05) is 56.3 Å². The van der Waals surface area contributed by atoms with Crippen molar-refractivity contribution in [1.82, 2.24) is 24.5 Å². The summed E-state index contributed by atoms with van der Waals surface area (Å²) in [7, 11) is 10.3. The predicted molar refractivity (Wildman–Crippen MR) is 281 cm³/mol. The molecule has 0 radical (unpaired) electrons. The Balaban J connectivity index is 0.000000189. The second-order valence-electron chi connectivity index (χ2n) is 20.6. The SMILES string of the molecule is CCCCCC1C(=O)N(C2CCCC2)C=C2C3CCCC(C(=O)N21)N3C(=O)C(=O)c1cc(OC)c(OC)c(OC)c1.COc1ccc2c(c1)C1C3CCCC(C(=O)N1CC2)N3C(=O)C(=O)c1cc(OC)c(OC)c(OC)c1. The molecule has 1 saturated carbocycles. The van der Waals surface area contributed by atoms with Crippen molar-refractivity contribution in [3.63, 3.8) is 0 Å². The molecule has 5 fully saturated rings. The van der Waals surface area contributed by atoms with Crippen LogP contribution in [0.3, 0.4) is 0 Å². The quantitative estimate of drug-likeness (QED) is 0.0819. The maximum atomic E-state index is 14.1. The molecular weight excluding hydrogens is 991 g/mol. The summed E-state index contributed by atoms with van der Waals surface area (Å²) in [6, 6.07) is 8.77. The van der Waals surface area contributed by atoms with E-state index in [4.69, 9.17) is 33.2 Å². The fourth-order valence-corrected chi connectivity index (χ4v) is 12.9. The highest BCUT2D eigenvalue weighted by Crippen LogP contribution is 2.47. The molecule has 3 aromatic rings. The molecule has 5 amide bonds. The zero-order valence-corrected chi connectivity index (χ0v) is 45.4. The fourth-order valence-electron chi connectivity index (χ4n) is 12.9. The number of ketones is 2. The number of ether oxygens (including phenoxy) is 7. The Morgan fingerprint density at radius 3 is 1.66 bits per heavy atom. The van der Waals surface area contributed by atoms with E-state index in [1.807, 2.05) is 34.2 Å². The summed E-state index contributed by atoms with van der Waals surface area (Å²) in [6.45, 7) is 2.71. The van der Waals surface area contributed by atoms with E-state index in [9.17, 15) is 33.6 Å². The number of rotatable bonds is 16. The number of methoxy groups -OCH3 is 7. The molecule has 19 nitrogen and oxygen atoms in total.